The molecule has 2 aromatic rings. The summed E-state index contributed by atoms with van der Waals surface area (Å²) in [6, 6.07) is 8.61. The molecular formula is C18H26N4O. The molecule has 5 heteroatoms. The van der Waals surface area contributed by atoms with Crippen molar-refractivity contribution in [2.75, 3.05) is 13.1 Å². The van der Waals surface area contributed by atoms with E-state index in [1.165, 1.54) is 11.1 Å². The fraction of sp³-hybridized carbons (Fsp3) is 0.444. The molecule has 5 nitrogen and oxygen atoms in total. The standard InChI is InChI=1S/C18H26N4O/c1-5-19-18(21-12-17-22-14(3)15(4)23-17)20-11-10-16-8-6-13(2)7-9-16/h6-9H,5,10-12H2,1-4H3,(H2,19,20,21). The van der Waals surface area contributed by atoms with E-state index in [1.807, 2.05) is 13.8 Å². The van der Waals surface area contributed by atoms with Crippen LogP contribution < -0.4 is 10.6 Å². The minimum atomic E-state index is 0.439. The van der Waals surface area contributed by atoms with Gasteiger partial charge in [0.1, 0.15) is 12.3 Å². The van der Waals surface area contributed by atoms with Crippen molar-refractivity contribution < 1.29 is 4.42 Å². The van der Waals surface area contributed by atoms with Gasteiger partial charge < -0.3 is 15.1 Å². The van der Waals surface area contributed by atoms with Crippen molar-refractivity contribution in [1.82, 2.24) is 15.6 Å². The fourth-order valence-electron chi connectivity index (χ4n) is 2.18. The SMILES string of the molecule is CCNC(=NCc1nc(C)c(C)o1)NCCc1ccc(C)cc1. The normalized spacial score (nSPS) is 11.6. The Labute approximate surface area is 138 Å². The first kappa shape index (κ1) is 17.1. The summed E-state index contributed by atoms with van der Waals surface area (Å²) in [5.74, 6) is 2.29. The summed E-state index contributed by atoms with van der Waals surface area (Å²) in [6.07, 6.45) is 0.960. The molecule has 124 valence electrons. The van der Waals surface area contributed by atoms with Gasteiger partial charge in [-0.1, -0.05) is 29.8 Å². The second kappa shape index (κ2) is 8.36. The van der Waals surface area contributed by atoms with Crippen LogP contribution in [-0.4, -0.2) is 24.0 Å². The maximum absolute atomic E-state index is 5.55. The van der Waals surface area contributed by atoms with Crippen LogP contribution in [0.3, 0.4) is 0 Å². The molecule has 0 bridgehead atoms. The van der Waals surface area contributed by atoms with Crippen LogP contribution in [0.4, 0.5) is 0 Å². The van der Waals surface area contributed by atoms with Crippen LogP contribution in [-0.2, 0) is 13.0 Å². The molecular weight excluding hydrogens is 288 g/mol. The molecule has 0 spiro atoms. The minimum Gasteiger partial charge on any atom is -0.444 e. The van der Waals surface area contributed by atoms with E-state index in [2.05, 4.69) is 58.7 Å². The fourth-order valence-corrected chi connectivity index (χ4v) is 2.18. The molecule has 1 heterocycles. The van der Waals surface area contributed by atoms with Crippen LogP contribution in [0, 0.1) is 20.8 Å². The van der Waals surface area contributed by atoms with E-state index in [0.29, 0.717) is 12.4 Å². The van der Waals surface area contributed by atoms with Gasteiger partial charge in [-0.05, 0) is 39.7 Å². The number of aromatic nitrogens is 1. The van der Waals surface area contributed by atoms with Gasteiger partial charge in [0.15, 0.2) is 5.96 Å². The largest absolute Gasteiger partial charge is 0.444 e. The number of aliphatic imine (C=N–C) groups is 1. The van der Waals surface area contributed by atoms with Gasteiger partial charge in [0.05, 0.1) is 5.69 Å². The molecule has 1 aromatic heterocycles. The zero-order chi connectivity index (χ0) is 16.7. The van der Waals surface area contributed by atoms with Gasteiger partial charge in [0.2, 0.25) is 5.89 Å². The summed E-state index contributed by atoms with van der Waals surface area (Å²) in [5, 5.41) is 6.58. The van der Waals surface area contributed by atoms with Crippen molar-refractivity contribution in [3.63, 3.8) is 0 Å². The summed E-state index contributed by atoms with van der Waals surface area (Å²) >= 11 is 0. The predicted octanol–water partition coefficient (Wildman–Crippen LogP) is 2.90. The lowest BCUT2D eigenvalue weighted by molar-refractivity contribution is 0.473. The van der Waals surface area contributed by atoms with Crippen molar-refractivity contribution in [3.05, 3.63) is 52.7 Å². The van der Waals surface area contributed by atoms with Gasteiger partial charge in [-0.2, -0.15) is 0 Å². The minimum absolute atomic E-state index is 0.439. The first-order valence-corrected chi connectivity index (χ1v) is 8.09. The Morgan fingerprint density at radius 2 is 1.87 bits per heavy atom. The predicted molar refractivity (Wildman–Crippen MR) is 93.7 cm³/mol. The lowest BCUT2D eigenvalue weighted by Crippen LogP contribution is -2.38. The number of nitrogens with zero attached hydrogens (tertiary/aromatic N) is 2. The number of oxazole rings is 1. The third kappa shape index (κ3) is 5.43. The Balaban J connectivity index is 1.87. The second-order valence-corrected chi connectivity index (χ2v) is 5.61. The highest BCUT2D eigenvalue weighted by Gasteiger charge is 2.05. The molecule has 2 N–H and O–H groups in total. The molecule has 0 radical (unpaired) electrons. The van der Waals surface area contributed by atoms with E-state index >= 15 is 0 Å². The van der Waals surface area contributed by atoms with E-state index in [0.717, 1.165) is 36.9 Å². The Morgan fingerprint density at radius 1 is 1.13 bits per heavy atom. The summed E-state index contributed by atoms with van der Waals surface area (Å²) in [7, 11) is 0. The molecule has 0 aliphatic carbocycles. The number of hydrogen-bond acceptors (Lipinski definition) is 3. The van der Waals surface area contributed by atoms with Crippen molar-refractivity contribution in [2.24, 2.45) is 4.99 Å². The number of guanidine groups is 1. The first-order valence-electron chi connectivity index (χ1n) is 8.09. The molecule has 0 aliphatic rings. The van der Waals surface area contributed by atoms with E-state index < -0.39 is 0 Å². The van der Waals surface area contributed by atoms with E-state index in [-0.39, 0.29) is 0 Å². The van der Waals surface area contributed by atoms with E-state index in [4.69, 9.17) is 4.42 Å². The van der Waals surface area contributed by atoms with Gasteiger partial charge in [-0.25, -0.2) is 9.98 Å². The zero-order valence-electron chi connectivity index (χ0n) is 14.4. The third-order valence-electron chi connectivity index (χ3n) is 3.62. The van der Waals surface area contributed by atoms with Gasteiger partial charge in [0, 0.05) is 13.1 Å². The van der Waals surface area contributed by atoms with Gasteiger partial charge in [0.25, 0.3) is 0 Å². The summed E-state index contributed by atoms with van der Waals surface area (Å²) in [5.41, 5.74) is 3.53. The Bertz CT molecular complexity index is 624. The molecule has 0 saturated heterocycles. The number of benzene rings is 1. The zero-order valence-corrected chi connectivity index (χ0v) is 14.4. The molecule has 0 saturated carbocycles. The summed E-state index contributed by atoms with van der Waals surface area (Å²) in [4.78, 5) is 8.87. The highest BCUT2D eigenvalue weighted by molar-refractivity contribution is 5.79. The molecule has 0 aliphatic heterocycles. The van der Waals surface area contributed by atoms with Gasteiger partial charge in [-0.3, -0.25) is 0 Å². The molecule has 0 unspecified atom stereocenters. The number of hydrogen-bond donors (Lipinski definition) is 2. The number of rotatable bonds is 6. The molecule has 23 heavy (non-hydrogen) atoms. The van der Waals surface area contributed by atoms with Crippen molar-refractivity contribution in [1.29, 1.82) is 0 Å². The average Bonchev–Trinajstić information content (AvgIpc) is 2.85. The molecule has 0 atom stereocenters. The lowest BCUT2D eigenvalue weighted by Gasteiger charge is -2.11. The maximum Gasteiger partial charge on any atom is 0.216 e. The van der Waals surface area contributed by atoms with Crippen molar-refractivity contribution in [3.8, 4) is 0 Å². The molecule has 0 amide bonds. The number of nitrogens with one attached hydrogen (secondary N) is 2. The molecule has 2 rings (SSSR count). The maximum atomic E-state index is 5.55. The van der Waals surface area contributed by atoms with E-state index in [1.54, 1.807) is 0 Å². The second-order valence-electron chi connectivity index (χ2n) is 5.61. The highest BCUT2D eigenvalue weighted by atomic mass is 16.4. The lowest BCUT2D eigenvalue weighted by atomic mass is 10.1. The number of aryl methyl sites for hydroxylation is 3. The van der Waals surface area contributed by atoms with Gasteiger partial charge in [-0.15, -0.1) is 0 Å². The van der Waals surface area contributed by atoms with Gasteiger partial charge >= 0.3 is 0 Å². The van der Waals surface area contributed by atoms with Crippen LogP contribution in [0.5, 0.6) is 0 Å². The molecule has 0 fully saturated rings. The van der Waals surface area contributed by atoms with Crippen LogP contribution in [0.2, 0.25) is 0 Å². The van der Waals surface area contributed by atoms with Crippen LogP contribution in [0.1, 0.15) is 35.4 Å². The Morgan fingerprint density at radius 3 is 2.48 bits per heavy atom. The summed E-state index contributed by atoms with van der Waals surface area (Å²) < 4.78 is 5.55. The summed E-state index contributed by atoms with van der Waals surface area (Å²) in [6.45, 7) is 10.1. The monoisotopic (exact) mass is 314 g/mol. The quantitative estimate of drug-likeness (QED) is 0.636. The Kier molecular flexibility index (Phi) is 6.20. The molecule has 1 aromatic carbocycles. The van der Waals surface area contributed by atoms with E-state index in [9.17, 15) is 0 Å². The smallest absolute Gasteiger partial charge is 0.216 e. The van der Waals surface area contributed by atoms with Crippen LogP contribution in [0.15, 0.2) is 33.7 Å². The van der Waals surface area contributed by atoms with Crippen LogP contribution in [0.25, 0.3) is 0 Å². The highest BCUT2D eigenvalue weighted by Crippen LogP contribution is 2.09. The average molecular weight is 314 g/mol. The topological polar surface area (TPSA) is 62.5 Å². The first-order chi connectivity index (χ1) is 11.1. The van der Waals surface area contributed by atoms with Crippen LogP contribution >= 0.6 is 0 Å². The van der Waals surface area contributed by atoms with Crippen molar-refractivity contribution >= 4 is 5.96 Å². The third-order valence-corrected chi connectivity index (χ3v) is 3.62. The Hall–Kier alpha value is -2.30. The van der Waals surface area contributed by atoms with Crippen molar-refractivity contribution in [2.45, 2.75) is 40.7 Å².